The number of hydrogen-bond donors (Lipinski definition) is 1. The Morgan fingerprint density at radius 3 is 2.52 bits per heavy atom. The molecule has 0 unspecified atom stereocenters. The third kappa shape index (κ3) is 8.77. The minimum absolute atomic E-state index is 0.518. The van der Waals surface area contributed by atoms with Gasteiger partial charge in [-0.3, -0.25) is 0 Å². The fraction of sp³-hybridized carbons (Fsp3) is 0.500. The third-order valence-corrected chi connectivity index (χ3v) is 5.23. The van der Waals surface area contributed by atoms with E-state index in [-0.39, 0.29) is 0 Å². The van der Waals surface area contributed by atoms with Crippen LogP contribution in [0.4, 0.5) is 0 Å². The smallest absolute Gasteiger partial charge is 0.162 e. The number of halogens is 1. The van der Waals surface area contributed by atoms with Gasteiger partial charge >= 0.3 is 0 Å². The average Bonchev–Trinajstić information content (AvgIpc) is 2.71. The van der Waals surface area contributed by atoms with Crippen LogP contribution in [0.3, 0.4) is 0 Å². The Hall–Kier alpha value is -1.56. The molecule has 0 saturated carbocycles. The lowest BCUT2D eigenvalue weighted by molar-refractivity contribution is 0.128. The van der Waals surface area contributed by atoms with E-state index in [1.54, 1.807) is 0 Å². The van der Waals surface area contributed by atoms with Crippen LogP contribution in [-0.4, -0.2) is 26.4 Å². The highest BCUT2D eigenvalue weighted by atomic mass is 79.9. The molecule has 0 spiro atoms. The molecule has 0 fully saturated rings. The van der Waals surface area contributed by atoms with Crippen molar-refractivity contribution in [3.05, 3.63) is 57.6 Å². The summed E-state index contributed by atoms with van der Waals surface area (Å²) in [6, 6.07) is 12.4. The average molecular weight is 464 g/mol. The second-order valence-electron chi connectivity index (χ2n) is 7.10. The van der Waals surface area contributed by atoms with Crippen LogP contribution in [0, 0.1) is 6.92 Å². The van der Waals surface area contributed by atoms with Crippen molar-refractivity contribution in [2.45, 2.75) is 53.2 Å². The van der Waals surface area contributed by atoms with Crippen LogP contribution in [0.15, 0.2) is 40.9 Å². The molecule has 0 heterocycles. The van der Waals surface area contributed by atoms with Crippen LogP contribution in [0.25, 0.3) is 0 Å². The quantitative estimate of drug-likeness (QED) is 0.347. The van der Waals surface area contributed by atoms with Gasteiger partial charge in [0.15, 0.2) is 11.5 Å². The van der Waals surface area contributed by atoms with Crippen LogP contribution in [0.1, 0.15) is 49.8 Å². The van der Waals surface area contributed by atoms with Crippen LogP contribution in [-0.2, 0) is 17.9 Å². The summed E-state index contributed by atoms with van der Waals surface area (Å²) in [6.45, 7) is 10.7. The topological polar surface area (TPSA) is 39.7 Å². The minimum atomic E-state index is 0.518. The lowest BCUT2D eigenvalue weighted by Crippen LogP contribution is -2.17. The molecule has 2 aromatic rings. The predicted molar refractivity (Wildman–Crippen MR) is 123 cm³/mol. The Labute approximate surface area is 184 Å². The zero-order chi connectivity index (χ0) is 20.9. The summed E-state index contributed by atoms with van der Waals surface area (Å²) in [5, 5.41) is 3.48. The van der Waals surface area contributed by atoms with Crippen molar-refractivity contribution in [2.75, 3.05) is 26.4 Å². The van der Waals surface area contributed by atoms with Gasteiger partial charge in [-0.15, -0.1) is 0 Å². The van der Waals surface area contributed by atoms with Gasteiger partial charge in [-0.05, 0) is 56.5 Å². The zero-order valence-corrected chi connectivity index (χ0v) is 19.5. The molecule has 2 aromatic carbocycles. The van der Waals surface area contributed by atoms with Crippen molar-refractivity contribution in [3.8, 4) is 11.5 Å². The van der Waals surface area contributed by atoms with Crippen molar-refractivity contribution in [1.29, 1.82) is 0 Å². The lowest BCUT2D eigenvalue weighted by atomic mass is 10.1. The summed E-state index contributed by atoms with van der Waals surface area (Å²) in [5.74, 6) is 1.54. The highest BCUT2D eigenvalue weighted by molar-refractivity contribution is 9.10. The van der Waals surface area contributed by atoms with Crippen molar-refractivity contribution < 1.29 is 14.2 Å². The molecule has 0 aliphatic carbocycles. The van der Waals surface area contributed by atoms with Gasteiger partial charge in [-0.2, -0.15) is 0 Å². The van der Waals surface area contributed by atoms with E-state index < -0.39 is 0 Å². The minimum Gasteiger partial charge on any atom is -0.490 e. The van der Waals surface area contributed by atoms with Gasteiger partial charge in [0.25, 0.3) is 0 Å². The Balaban J connectivity index is 1.89. The number of aryl methyl sites for hydroxylation is 1. The molecule has 5 heteroatoms. The monoisotopic (exact) mass is 463 g/mol. The van der Waals surface area contributed by atoms with E-state index in [2.05, 4.69) is 65.4 Å². The van der Waals surface area contributed by atoms with E-state index in [0.29, 0.717) is 13.2 Å². The first kappa shape index (κ1) is 23.7. The van der Waals surface area contributed by atoms with Crippen LogP contribution in [0.2, 0.25) is 0 Å². The molecule has 0 aliphatic heterocycles. The summed E-state index contributed by atoms with van der Waals surface area (Å²) < 4.78 is 18.5. The number of hydrogen-bond acceptors (Lipinski definition) is 4. The molecule has 4 nitrogen and oxygen atoms in total. The largest absolute Gasteiger partial charge is 0.490 e. The number of nitrogens with one attached hydrogen (secondary N) is 1. The van der Waals surface area contributed by atoms with Crippen molar-refractivity contribution in [2.24, 2.45) is 0 Å². The van der Waals surface area contributed by atoms with Crippen molar-refractivity contribution >= 4 is 15.9 Å². The molecule has 2 rings (SSSR count). The Morgan fingerprint density at radius 2 is 1.76 bits per heavy atom. The van der Waals surface area contributed by atoms with E-state index in [0.717, 1.165) is 66.2 Å². The maximum absolute atomic E-state index is 6.06. The van der Waals surface area contributed by atoms with Crippen molar-refractivity contribution in [1.82, 2.24) is 5.32 Å². The lowest BCUT2D eigenvalue weighted by Gasteiger charge is -2.16. The van der Waals surface area contributed by atoms with Crippen LogP contribution in [0.5, 0.6) is 11.5 Å². The van der Waals surface area contributed by atoms with Crippen LogP contribution < -0.4 is 14.8 Å². The van der Waals surface area contributed by atoms with E-state index in [9.17, 15) is 0 Å². The second-order valence-corrected chi connectivity index (χ2v) is 7.95. The van der Waals surface area contributed by atoms with Gasteiger partial charge in [0.2, 0.25) is 0 Å². The normalized spacial score (nSPS) is 10.9. The second kappa shape index (κ2) is 13.6. The van der Waals surface area contributed by atoms with Gasteiger partial charge in [0, 0.05) is 24.2 Å². The Kier molecular flexibility index (Phi) is 11.1. The molecule has 1 N–H and O–H groups in total. The zero-order valence-electron chi connectivity index (χ0n) is 17.9. The number of benzene rings is 2. The predicted octanol–water partition coefficient (Wildman–Crippen LogP) is 6.03. The Morgan fingerprint density at radius 1 is 0.966 bits per heavy atom. The molecule has 0 radical (unpaired) electrons. The molecule has 0 bridgehead atoms. The van der Waals surface area contributed by atoms with Gasteiger partial charge in [0.05, 0.1) is 6.61 Å². The first-order valence-corrected chi connectivity index (χ1v) is 11.3. The first-order chi connectivity index (χ1) is 14.1. The summed E-state index contributed by atoms with van der Waals surface area (Å²) >= 11 is 3.68. The van der Waals surface area contributed by atoms with Gasteiger partial charge in [-0.25, -0.2) is 0 Å². The van der Waals surface area contributed by atoms with E-state index in [1.807, 2.05) is 13.0 Å². The fourth-order valence-corrected chi connectivity index (χ4v) is 3.39. The van der Waals surface area contributed by atoms with E-state index in [1.165, 1.54) is 12.0 Å². The van der Waals surface area contributed by atoms with Gasteiger partial charge in [0.1, 0.15) is 6.61 Å². The maximum atomic E-state index is 6.06. The summed E-state index contributed by atoms with van der Waals surface area (Å²) in [7, 11) is 0. The molecular formula is C24H34BrNO3. The molecular weight excluding hydrogens is 430 g/mol. The molecule has 0 aromatic heterocycles. The summed E-state index contributed by atoms with van der Waals surface area (Å²) in [6.07, 6.45) is 3.33. The van der Waals surface area contributed by atoms with Crippen LogP contribution >= 0.6 is 15.9 Å². The SMILES string of the molecule is CCCCOCCCNCc1cc(OCC)c(OCc2cccc(C)c2)cc1Br. The molecule has 0 amide bonds. The standard InChI is InChI=1S/C24H34BrNO3/c1-4-6-12-27-13-8-11-26-17-21-15-23(28-5-2)24(16-22(21)25)29-18-20-10-7-9-19(3)14-20/h7,9-10,14-16,26H,4-6,8,11-13,17-18H2,1-3H3. The maximum Gasteiger partial charge on any atom is 0.162 e. The van der Waals surface area contributed by atoms with Gasteiger partial charge < -0.3 is 19.5 Å². The summed E-state index contributed by atoms with van der Waals surface area (Å²) in [4.78, 5) is 0. The number of ether oxygens (including phenoxy) is 3. The molecule has 0 saturated heterocycles. The number of unbranched alkanes of at least 4 members (excludes halogenated alkanes) is 1. The molecule has 0 aliphatic rings. The van der Waals surface area contributed by atoms with Gasteiger partial charge in [-0.1, -0.05) is 59.1 Å². The highest BCUT2D eigenvalue weighted by Gasteiger charge is 2.11. The number of rotatable bonds is 14. The molecule has 0 atom stereocenters. The third-order valence-electron chi connectivity index (χ3n) is 4.49. The van der Waals surface area contributed by atoms with E-state index >= 15 is 0 Å². The fourth-order valence-electron chi connectivity index (χ4n) is 2.93. The molecule has 160 valence electrons. The van der Waals surface area contributed by atoms with Crippen molar-refractivity contribution in [3.63, 3.8) is 0 Å². The Bertz CT molecular complexity index is 736. The molecule has 29 heavy (non-hydrogen) atoms. The van der Waals surface area contributed by atoms with E-state index in [4.69, 9.17) is 14.2 Å². The first-order valence-electron chi connectivity index (χ1n) is 10.6. The summed E-state index contributed by atoms with van der Waals surface area (Å²) in [5.41, 5.74) is 3.54. The highest BCUT2D eigenvalue weighted by Crippen LogP contribution is 2.34.